The van der Waals surface area contributed by atoms with Gasteiger partial charge in [0.05, 0.1) is 6.42 Å². The molecule has 1 aliphatic rings. The molecule has 0 amide bonds. The fourth-order valence-corrected chi connectivity index (χ4v) is 3.86. The number of aryl methyl sites for hydroxylation is 3. The summed E-state index contributed by atoms with van der Waals surface area (Å²) in [7, 11) is 0. The number of carboxylic acid groups (broad SMARTS) is 1. The normalized spacial score (nSPS) is 14.0. The molecule has 8 heteroatoms. The lowest BCUT2D eigenvalue weighted by molar-refractivity contribution is -0.137. The van der Waals surface area contributed by atoms with Gasteiger partial charge >= 0.3 is 5.97 Å². The highest BCUT2D eigenvalue weighted by Gasteiger charge is 2.19. The highest BCUT2D eigenvalue weighted by atomic mass is 16.4. The molecule has 3 aromatic rings. The van der Waals surface area contributed by atoms with E-state index in [0.29, 0.717) is 12.2 Å². The summed E-state index contributed by atoms with van der Waals surface area (Å²) in [5.74, 6) is 1.53. The Kier molecular flexibility index (Phi) is 6.32. The van der Waals surface area contributed by atoms with Crippen LogP contribution in [0, 0.1) is 0 Å². The second-order valence-electron chi connectivity index (χ2n) is 7.70. The molecule has 8 nitrogen and oxygen atoms in total. The first-order valence-electron chi connectivity index (χ1n) is 10.4. The molecular weight excluding hydrogens is 380 g/mol. The van der Waals surface area contributed by atoms with Crippen molar-refractivity contribution in [1.29, 1.82) is 0 Å². The molecule has 3 aromatic heterocycles. The van der Waals surface area contributed by atoms with Gasteiger partial charge in [0, 0.05) is 43.4 Å². The molecule has 1 unspecified atom stereocenters. The number of fused-ring (bicyclic) bond motifs is 1. The molecule has 0 fully saturated rings. The standard InChI is InChI=1S/C22H26N6O2/c29-21(30)13-17(16-5-2-10-23-14-16)12-20-26-19(27-28-20)7-1-6-18-9-8-15-4-3-11-24-22(15)25-18/h2,5,8-10,14,17H,1,3-4,6-7,11-13H2,(H,24,25)(H,29,30)(H,26,27,28). The highest BCUT2D eigenvalue weighted by molar-refractivity contribution is 5.68. The third-order valence-corrected chi connectivity index (χ3v) is 5.39. The van der Waals surface area contributed by atoms with Crippen molar-refractivity contribution < 1.29 is 9.90 Å². The maximum Gasteiger partial charge on any atom is 0.303 e. The molecule has 1 aliphatic heterocycles. The lowest BCUT2D eigenvalue weighted by Crippen LogP contribution is -2.14. The Morgan fingerprint density at radius 2 is 2.07 bits per heavy atom. The summed E-state index contributed by atoms with van der Waals surface area (Å²) < 4.78 is 0. The van der Waals surface area contributed by atoms with Gasteiger partial charge in [-0.2, -0.15) is 0 Å². The van der Waals surface area contributed by atoms with Crippen LogP contribution in [0.2, 0.25) is 0 Å². The van der Waals surface area contributed by atoms with Gasteiger partial charge in [-0.15, -0.1) is 10.2 Å². The molecule has 0 saturated carbocycles. The molecule has 3 N–H and O–H groups in total. The van der Waals surface area contributed by atoms with E-state index in [9.17, 15) is 9.90 Å². The second kappa shape index (κ2) is 9.47. The molecule has 156 valence electrons. The van der Waals surface area contributed by atoms with Crippen molar-refractivity contribution >= 4 is 11.8 Å². The number of hydrogen-bond donors (Lipinski definition) is 3. The number of anilines is 1. The minimum Gasteiger partial charge on any atom is -0.481 e. The van der Waals surface area contributed by atoms with Crippen LogP contribution in [-0.2, 0) is 30.5 Å². The summed E-state index contributed by atoms with van der Waals surface area (Å²) in [6.45, 7) is 0.992. The number of nitrogens with zero attached hydrogens (tertiary/aromatic N) is 4. The monoisotopic (exact) mass is 406 g/mol. The van der Waals surface area contributed by atoms with Gasteiger partial charge < -0.3 is 15.4 Å². The fourth-order valence-electron chi connectivity index (χ4n) is 3.86. The fraction of sp³-hybridized carbons (Fsp3) is 0.409. The Hall–Kier alpha value is -3.29. The largest absolute Gasteiger partial charge is 0.481 e. The Bertz CT molecular complexity index is 988. The van der Waals surface area contributed by atoms with Gasteiger partial charge in [-0.25, -0.2) is 4.98 Å². The summed E-state index contributed by atoms with van der Waals surface area (Å²) in [6.07, 6.45) is 8.74. The van der Waals surface area contributed by atoms with E-state index < -0.39 is 5.97 Å². The van der Waals surface area contributed by atoms with Crippen molar-refractivity contribution in [2.24, 2.45) is 0 Å². The number of carboxylic acids is 1. The van der Waals surface area contributed by atoms with Gasteiger partial charge in [0.15, 0.2) is 0 Å². The van der Waals surface area contributed by atoms with E-state index in [-0.39, 0.29) is 12.3 Å². The Labute approximate surface area is 175 Å². The van der Waals surface area contributed by atoms with E-state index in [4.69, 9.17) is 4.98 Å². The first-order chi connectivity index (χ1) is 14.7. The lowest BCUT2D eigenvalue weighted by atomic mass is 9.93. The van der Waals surface area contributed by atoms with Gasteiger partial charge in [-0.05, 0) is 48.9 Å². The highest BCUT2D eigenvalue weighted by Crippen LogP contribution is 2.23. The van der Waals surface area contributed by atoms with Gasteiger partial charge in [-0.1, -0.05) is 12.1 Å². The van der Waals surface area contributed by atoms with Gasteiger partial charge in [0.1, 0.15) is 17.5 Å². The number of aromatic amines is 1. The smallest absolute Gasteiger partial charge is 0.303 e. The van der Waals surface area contributed by atoms with Crippen molar-refractivity contribution in [2.45, 2.75) is 50.9 Å². The molecule has 4 rings (SSSR count). The van der Waals surface area contributed by atoms with Gasteiger partial charge in [-0.3, -0.25) is 9.78 Å². The maximum absolute atomic E-state index is 11.3. The summed E-state index contributed by atoms with van der Waals surface area (Å²) in [4.78, 5) is 23.4. The molecule has 0 aromatic carbocycles. The van der Waals surface area contributed by atoms with Crippen molar-refractivity contribution in [1.82, 2.24) is 25.1 Å². The zero-order valence-electron chi connectivity index (χ0n) is 16.8. The van der Waals surface area contributed by atoms with Crippen LogP contribution in [-0.4, -0.2) is 42.8 Å². The molecule has 0 aliphatic carbocycles. The number of aromatic nitrogens is 5. The van der Waals surface area contributed by atoms with Crippen LogP contribution in [0.25, 0.3) is 0 Å². The van der Waals surface area contributed by atoms with Crippen LogP contribution >= 0.6 is 0 Å². The quantitative estimate of drug-likeness (QED) is 0.500. The third kappa shape index (κ3) is 5.20. The number of hydrogen-bond acceptors (Lipinski definition) is 6. The number of rotatable bonds is 9. The maximum atomic E-state index is 11.3. The number of aliphatic carboxylic acids is 1. The summed E-state index contributed by atoms with van der Waals surface area (Å²) in [5, 5.41) is 21.1. The molecule has 30 heavy (non-hydrogen) atoms. The van der Waals surface area contributed by atoms with Crippen LogP contribution in [0.1, 0.15) is 53.7 Å². The molecular formula is C22H26N6O2. The SMILES string of the molecule is O=C(O)CC(Cc1nnc(CCCc2ccc3c(n2)NCCC3)[nH]1)c1cccnc1. The van der Waals surface area contributed by atoms with E-state index in [1.54, 1.807) is 12.4 Å². The zero-order valence-corrected chi connectivity index (χ0v) is 16.8. The summed E-state index contributed by atoms with van der Waals surface area (Å²) in [5.41, 5.74) is 3.28. The van der Waals surface area contributed by atoms with E-state index >= 15 is 0 Å². The topological polar surface area (TPSA) is 117 Å². The first-order valence-corrected chi connectivity index (χ1v) is 10.4. The molecule has 0 spiro atoms. The summed E-state index contributed by atoms with van der Waals surface area (Å²) >= 11 is 0. The predicted octanol–water partition coefficient (Wildman–Crippen LogP) is 2.93. The predicted molar refractivity (Wildman–Crippen MR) is 112 cm³/mol. The van der Waals surface area contributed by atoms with Crippen molar-refractivity contribution in [3.63, 3.8) is 0 Å². The molecule has 0 saturated heterocycles. The second-order valence-corrected chi connectivity index (χ2v) is 7.70. The van der Waals surface area contributed by atoms with E-state index in [2.05, 4.69) is 37.6 Å². The third-order valence-electron chi connectivity index (χ3n) is 5.39. The first kappa shape index (κ1) is 20.0. The molecule has 0 radical (unpaired) electrons. The average molecular weight is 406 g/mol. The van der Waals surface area contributed by atoms with Crippen LogP contribution in [0.4, 0.5) is 5.82 Å². The molecule has 4 heterocycles. The Morgan fingerprint density at radius 3 is 2.90 bits per heavy atom. The Morgan fingerprint density at radius 1 is 1.17 bits per heavy atom. The molecule has 0 bridgehead atoms. The summed E-state index contributed by atoms with van der Waals surface area (Å²) in [6, 6.07) is 8.01. The van der Waals surface area contributed by atoms with E-state index in [1.807, 2.05) is 12.1 Å². The number of H-pyrrole nitrogens is 1. The number of pyridine rings is 2. The zero-order chi connectivity index (χ0) is 20.8. The Balaban J connectivity index is 1.33. The van der Waals surface area contributed by atoms with Crippen LogP contribution in [0.5, 0.6) is 0 Å². The average Bonchev–Trinajstić information content (AvgIpc) is 3.21. The minimum atomic E-state index is -0.837. The number of carbonyl (C=O) groups is 1. The van der Waals surface area contributed by atoms with Crippen LogP contribution in [0.3, 0.4) is 0 Å². The van der Waals surface area contributed by atoms with Crippen molar-refractivity contribution in [3.8, 4) is 0 Å². The van der Waals surface area contributed by atoms with E-state index in [0.717, 1.165) is 61.5 Å². The van der Waals surface area contributed by atoms with Crippen LogP contribution < -0.4 is 5.32 Å². The van der Waals surface area contributed by atoms with E-state index in [1.165, 1.54) is 5.56 Å². The number of nitrogens with one attached hydrogen (secondary N) is 2. The lowest BCUT2D eigenvalue weighted by Gasteiger charge is -2.17. The van der Waals surface area contributed by atoms with Gasteiger partial charge in [0.25, 0.3) is 0 Å². The van der Waals surface area contributed by atoms with Gasteiger partial charge in [0.2, 0.25) is 0 Å². The molecule has 1 atom stereocenters. The van der Waals surface area contributed by atoms with Crippen molar-refractivity contribution in [2.75, 3.05) is 11.9 Å². The minimum absolute atomic E-state index is 0.0275. The van der Waals surface area contributed by atoms with Crippen LogP contribution in [0.15, 0.2) is 36.7 Å². The van der Waals surface area contributed by atoms with Crippen molar-refractivity contribution in [3.05, 3.63) is 65.1 Å².